The van der Waals surface area contributed by atoms with Crippen molar-refractivity contribution in [2.75, 3.05) is 20.2 Å². The maximum Gasteiger partial charge on any atom is 0.330 e. The normalized spacial score (nSPS) is 20.5. The van der Waals surface area contributed by atoms with Crippen LogP contribution < -0.4 is 5.32 Å². The molecular weight excluding hydrogens is 184 g/mol. The lowest BCUT2D eigenvalue weighted by molar-refractivity contribution is -0.137. The summed E-state index contributed by atoms with van der Waals surface area (Å²) in [4.78, 5) is 23.3. The molecule has 5 nitrogen and oxygen atoms in total. The van der Waals surface area contributed by atoms with Gasteiger partial charge in [-0.25, -0.2) is 9.59 Å². The van der Waals surface area contributed by atoms with Crippen molar-refractivity contribution in [2.24, 2.45) is 0 Å². The Bertz CT molecular complexity index is 252. The number of nitrogens with one attached hydrogen (secondary N) is 1. The Morgan fingerprint density at radius 3 is 3.07 bits per heavy atom. The van der Waals surface area contributed by atoms with Crippen LogP contribution >= 0.6 is 0 Å². The van der Waals surface area contributed by atoms with Crippen LogP contribution in [0.2, 0.25) is 0 Å². The molecule has 14 heavy (non-hydrogen) atoms. The first-order valence-corrected chi connectivity index (χ1v) is 4.44. The van der Waals surface area contributed by atoms with Gasteiger partial charge >= 0.3 is 12.0 Å². The molecule has 0 aromatic carbocycles. The smallest absolute Gasteiger partial charge is 0.330 e. The second-order valence-corrected chi connectivity index (χ2v) is 3.19. The molecule has 0 spiro atoms. The number of ether oxygens (including phenoxy) is 1. The Morgan fingerprint density at radius 1 is 1.86 bits per heavy atom. The van der Waals surface area contributed by atoms with Crippen molar-refractivity contribution < 1.29 is 14.3 Å². The average Bonchev–Trinajstić information content (AvgIpc) is 2.46. The van der Waals surface area contributed by atoms with E-state index in [0.717, 1.165) is 6.08 Å². The largest absolute Gasteiger partial charge is 0.462 e. The predicted octanol–water partition coefficient (Wildman–Crippen LogP) is 0.129. The third-order valence-corrected chi connectivity index (χ3v) is 2.05. The minimum absolute atomic E-state index is 0.0742. The van der Waals surface area contributed by atoms with E-state index in [1.165, 1.54) is 0 Å². The highest BCUT2D eigenvalue weighted by atomic mass is 16.5. The van der Waals surface area contributed by atoms with Crippen molar-refractivity contribution in [3.05, 3.63) is 12.7 Å². The number of esters is 1. The molecule has 1 aliphatic rings. The zero-order valence-corrected chi connectivity index (χ0v) is 8.16. The maximum absolute atomic E-state index is 11.0. The van der Waals surface area contributed by atoms with E-state index in [4.69, 9.17) is 4.74 Å². The third-order valence-electron chi connectivity index (χ3n) is 2.05. The number of rotatable bonds is 4. The highest BCUT2D eigenvalue weighted by Crippen LogP contribution is 2.04. The molecule has 2 amide bonds. The molecule has 1 atom stereocenters. The Labute approximate surface area is 82.7 Å². The predicted molar refractivity (Wildman–Crippen MR) is 50.7 cm³/mol. The van der Waals surface area contributed by atoms with Gasteiger partial charge in [-0.1, -0.05) is 6.58 Å². The SMILES string of the molecule is C=CC(=O)OCCC1CN(C)C(=O)N1. The van der Waals surface area contributed by atoms with Crippen LogP contribution in [-0.4, -0.2) is 43.1 Å². The van der Waals surface area contributed by atoms with Gasteiger partial charge in [-0.3, -0.25) is 0 Å². The lowest BCUT2D eigenvalue weighted by Gasteiger charge is -2.08. The van der Waals surface area contributed by atoms with Gasteiger partial charge in [-0.15, -0.1) is 0 Å². The lowest BCUT2D eigenvalue weighted by Crippen LogP contribution is -2.28. The third kappa shape index (κ3) is 2.76. The summed E-state index contributed by atoms with van der Waals surface area (Å²) < 4.78 is 4.80. The topological polar surface area (TPSA) is 58.6 Å². The van der Waals surface area contributed by atoms with E-state index in [1.54, 1.807) is 11.9 Å². The molecule has 1 fully saturated rings. The number of hydrogen-bond acceptors (Lipinski definition) is 3. The van der Waals surface area contributed by atoms with E-state index < -0.39 is 5.97 Å². The van der Waals surface area contributed by atoms with E-state index in [-0.39, 0.29) is 12.1 Å². The van der Waals surface area contributed by atoms with Crippen LogP contribution in [0.1, 0.15) is 6.42 Å². The summed E-state index contributed by atoms with van der Waals surface area (Å²) in [6.45, 7) is 4.25. The highest BCUT2D eigenvalue weighted by molar-refractivity contribution is 5.81. The quantitative estimate of drug-likeness (QED) is 0.516. The monoisotopic (exact) mass is 198 g/mol. The van der Waals surface area contributed by atoms with Crippen LogP contribution in [0, 0.1) is 0 Å². The van der Waals surface area contributed by atoms with Gasteiger partial charge in [0.15, 0.2) is 0 Å². The molecule has 1 rings (SSSR count). The van der Waals surface area contributed by atoms with Gasteiger partial charge in [0.1, 0.15) is 0 Å². The number of carbonyl (C=O) groups is 2. The van der Waals surface area contributed by atoms with Crippen molar-refractivity contribution in [2.45, 2.75) is 12.5 Å². The number of carbonyl (C=O) groups excluding carboxylic acids is 2. The fourth-order valence-corrected chi connectivity index (χ4v) is 1.27. The molecule has 1 saturated heterocycles. The van der Waals surface area contributed by atoms with Crippen LogP contribution in [0.5, 0.6) is 0 Å². The summed E-state index contributed by atoms with van der Waals surface area (Å²) in [6.07, 6.45) is 1.76. The van der Waals surface area contributed by atoms with Crippen molar-refractivity contribution >= 4 is 12.0 Å². The number of hydrogen-bond donors (Lipinski definition) is 1. The van der Waals surface area contributed by atoms with E-state index in [1.807, 2.05) is 0 Å². The number of nitrogens with zero attached hydrogens (tertiary/aromatic N) is 1. The standard InChI is InChI=1S/C9H14N2O3/c1-3-8(12)14-5-4-7-6-11(2)9(13)10-7/h3,7H,1,4-6H2,2H3,(H,10,13). The summed E-state index contributed by atoms with van der Waals surface area (Å²) >= 11 is 0. The first-order valence-electron chi connectivity index (χ1n) is 4.44. The minimum Gasteiger partial charge on any atom is -0.462 e. The summed E-state index contributed by atoms with van der Waals surface area (Å²) in [5.41, 5.74) is 0. The van der Waals surface area contributed by atoms with E-state index in [2.05, 4.69) is 11.9 Å². The minimum atomic E-state index is -0.428. The molecule has 78 valence electrons. The fourth-order valence-electron chi connectivity index (χ4n) is 1.27. The van der Waals surface area contributed by atoms with Crippen LogP contribution in [0.3, 0.4) is 0 Å². The summed E-state index contributed by atoms with van der Waals surface area (Å²) in [6, 6.07) is -0.00448. The molecule has 0 radical (unpaired) electrons. The molecule has 1 heterocycles. The Hall–Kier alpha value is -1.52. The molecule has 1 aliphatic heterocycles. The molecule has 0 aromatic heterocycles. The van der Waals surface area contributed by atoms with Gasteiger partial charge in [0.05, 0.1) is 12.6 Å². The van der Waals surface area contributed by atoms with E-state index in [9.17, 15) is 9.59 Å². The second kappa shape index (κ2) is 4.64. The van der Waals surface area contributed by atoms with Gasteiger partial charge in [0.2, 0.25) is 0 Å². The van der Waals surface area contributed by atoms with Crippen molar-refractivity contribution in [1.29, 1.82) is 0 Å². The molecule has 0 aliphatic carbocycles. The molecule has 0 bridgehead atoms. The molecule has 5 heteroatoms. The Balaban J connectivity index is 2.17. The van der Waals surface area contributed by atoms with Crippen molar-refractivity contribution in [1.82, 2.24) is 10.2 Å². The zero-order valence-electron chi connectivity index (χ0n) is 8.16. The Kier molecular flexibility index (Phi) is 3.50. The molecule has 0 aromatic rings. The summed E-state index contributed by atoms with van der Waals surface area (Å²) in [5.74, 6) is -0.428. The number of urea groups is 1. The highest BCUT2D eigenvalue weighted by Gasteiger charge is 2.25. The van der Waals surface area contributed by atoms with Gasteiger partial charge in [0.25, 0.3) is 0 Å². The van der Waals surface area contributed by atoms with E-state index in [0.29, 0.717) is 19.6 Å². The Morgan fingerprint density at radius 2 is 2.57 bits per heavy atom. The van der Waals surface area contributed by atoms with E-state index >= 15 is 0 Å². The average molecular weight is 198 g/mol. The molecular formula is C9H14N2O3. The number of likely N-dealkylation sites (N-methyl/N-ethyl adjacent to an activating group) is 1. The maximum atomic E-state index is 11.0. The van der Waals surface area contributed by atoms with Crippen molar-refractivity contribution in [3.8, 4) is 0 Å². The van der Waals surface area contributed by atoms with Crippen LogP contribution in [0.4, 0.5) is 4.79 Å². The van der Waals surface area contributed by atoms with Gasteiger partial charge < -0.3 is 15.0 Å². The molecule has 1 N–H and O–H groups in total. The van der Waals surface area contributed by atoms with Gasteiger partial charge in [-0.2, -0.15) is 0 Å². The van der Waals surface area contributed by atoms with Crippen LogP contribution in [-0.2, 0) is 9.53 Å². The van der Waals surface area contributed by atoms with Gasteiger partial charge in [-0.05, 0) is 0 Å². The summed E-state index contributed by atoms with van der Waals surface area (Å²) in [5, 5.41) is 2.77. The second-order valence-electron chi connectivity index (χ2n) is 3.19. The molecule has 1 unspecified atom stereocenters. The number of amides is 2. The fraction of sp³-hybridized carbons (Fsp3) is 0.556. The van der Waals surface area contributed by atoms with Crippen molar-refractivity contribution in [3.63, 3.8) is 0 Å². The van der Waals surface area contributed by atoms with Crippen LogP contribution in [0.25, 0.3) is 0 Å². The molecule has 0 saturated carbocycles. The van der Waals surface area contributed by atoms with Crippen LogP contribution in [0.15, 0.2) is 12.7 Å². The lowest BCUT2D eigenvalue weighted by atomic mass is 10.2. The summed E-state index contributed by atoms with van der Waals surface area (Å²) in [7, 11) is 1.73. The zero-order chi connectivity index (χ0) is 10.6. The first-order chi connectivity index (χ1) is 6.63. The first kappa shape index (κ1) is 10.6. The van der Waals surface area contributed by atoms with Gasteiger partial charge in [0, 0.05) is 26.1 Å².